The summed E-state index contributed by atoms with van der Waals surface area (Å²) in [4.78, 5) is 2.05. The van der Waals surface area contributed by atoms with Crippen LogP contribution in [-0.2, 0) is 0 Å². The van der Waals surface area contributed by atoms with Crippen molar-refractivity contribution in [2.24, 2.45) is 0 Å². The number of halogens is 1. The van der Waals surface area contributed by atoms with Crippen molar-refractivity contribution in [1.82, 2.24) is 0 Å². The Morgan fingerprint density at radius 2 is 2.26 bits per heavy atom. The summed E-state index contributed by atoms with van der Waals surface area (Å²) in [6, 6.07) is 6.48. The van der Waals surface area contributed by atoms with Crippen LogP contribution in [0.4, 0.5) is 10.1 Å². The fraction of sp³-hybridized carbons (Fsp3) is 0.533. The summed E-state index contributed by atoms with van der Waals surface area (Å²) in [5, 5.41) is 19.3. The molecule has 1 heterocycles. The lowest BCUT2D eigenvalue weighted by molar-refractivity contribution is 0.0268. The molecule has 19 heavy (non-hydrogen) atoms. The molecular formula is C15H19FN2O. The van der Waals surface area contributed by atoms with E-state index in [9.17, 15) is 9.50 Å². The number of hydrogen-bond acceptors (Lipinski definition) is 3. The van der Waals surface area contributed by atoms with Crippen molar-refractivity contribution < 1.29 is 9.50 Å². The summed E-state index contributed by atoms with van der Waals surface area (Å²) in [6.07, 6.45) is 2.20. The highest BCUT2D eigenvalue weighted by molar-refractivity contribution is 5.53. The van der Waals surface area contributed by atoms with E-state index in [-0.39, 0.29) is 11.6 Å². The number of rotatable bonds is 3. The van der Waals surface area contributed by atoms with Gasteiger partial charge in [0.25, 0.3) is 0 Å². The molecule has 0 saturated carbocycles. The Labute approximate surface area is 113 Å². The Kier molecular flexibility index (Phi) is 3.77. The molecule has 102 valence electrons. The maximum absolute atomic E-state index is 13.7. The highest BCUT2D eigenvalue weighted by atomic mass is 19.1. The average Bonchev–Trinajstić information content (AvgIpc) is 2.76. The van der Waals surface area contributed by atoms with Gasteiger partial charge in [-0.05, 0) is 37.5 Å². The zero-order chi connectivity index (χ0) is 14.0. The van der Waals surface area contributed by atoms with Gasteiger partial charge < -0.3 is 10.0 Å². The molecule has 0 unspecified atom stereocenters. The van der Waals surface area contributed by atoms with Crippen molar-refractivity contribution in [2.45, 2.75) is 44.8 Å². The van der Waals surface area contributed by atoms with E-state index < -0.39 is 11.4 Å². The van der Waals surface area contributed by atoms with Crippen molar-refractivity contribution in [3.63, 3.8) is 0 Å². The maximum atomic E-state index is 13.7. The monoisotopic (exact) mass is 262 g/mol. The van der Waals surface area contributed by atoms with Gasteiger partial charge in [0.15, 0.2) is 0 Å². The van der Waals surface area contributed by atoms with Gasteiger partial charge in [-0.3, -0.25) is 0 Å². The number of aliphatic hydroxyl groups is 1. The van der Waals surface area contributed by atoms with Gasteiger partial charge in [-0.15, -0.1) is 0 Å². The van der Waals surface area contributed by atoms with Gasteiger partial charge in [0, 0.05) is 12.2 Å². The summed E-state index contributed by atoms with van der Waals surface area (Å²) >= 11 is 0. The third kappa shape index (κ3) is 2.31. The molecule has 0 bridgehead atoms. The minimum absolute atomic E-state index is 0.00448. The van der Waals surface area contributed by atoms with Crippen LogP contribution in [0.5, 0.6) is 0 Å². The van der Waals surface area contributed by atoms with Crippen LogP contribution >= 0.6 is 0 Å². The second-order valence-corrected chi connectivity index (χ2v) is 5.10. The van der Waals surface area contributed by atoms with Crippen LogP contribution in [0.3, 0.4) is 0 Å². The van der Waals surface area contributed by atoms with Gasteiger partial charge in [0.1, 0.15) is 11.9 Å². The largest absolute Gasteiger partial charge is 0.388 e. The average molecular weight is 262 g/mol. The van der Waals surface area contributed by atoms with E-state index in [0.29, 0.717) is 19.4 Å². The Morgan fingerprint density at radius 3 is 2.79 bits per heavy atom. The molecule has 1 aliphatic heterocycles. The fourth-order valence-electron chi connectivity index (χ4n) is 3.02. The van der Waals surface area contributed by atoms with Crippen molar-refractivity contribution in [3.8, 4) is 6.07 Å². The molecule has 1 N–H and O–H groups in total. The van der Waals surface area contributed by atoms with E-state index in [2.05, 4.69) is 0 Å². The predicted octanol–water partition coefficient (Wildman–Crippen LogP) is 2.83. The fourth-order valence-corrected chi connectivity index (χ4v) is 3.02. The molecule has 3 nitrogen and oxygen atoms in total. The molecule has 1 aromatic rings. The lowest BCUT2D eigenvalue weighted by atomic mass is 9.90. The van der Waals surface area contributed by atoms with Crippen LogP contribution in [-0.4, -0.2) is 23.3 Å². The molecule has 0 spiro atoms. The Hall–Kier alpha value is -1.60. The minimum atomic E-state index is -0.695. The van der Waals surface area contributed by atoms with Crippen LogP contribution in [0.2, 0.25) is 0 Å². The van der Waals surface area contributed by atoms with E-state index in [1.165, 1.54) is 12.1 Å². The standard InChI is InChI=1S/C15H19FN2O/c1-3-14-15(19,4-2)7-8-18(14)12-6-5-11(10-17)13(16)9-12/h5-6,9,14,19H,3-4,7-8H2,1-2H3/t14-,15-/m0/s1. The molecule has 0 amide bonds. The van der Waals surface area contributed by atoms with Crippen LogP contribution in [0, 0.1) is 17.1 Å². The Bertz CT molecular complexity index is 511. The third-order valence-electron chi connectivity index (χ3n) is 4.19. The molecule has 1 fully saturated rings. The zero-order valence-electron chi connectivity index (χ0n) is 11.4. The predicted molar refractivity (Wildman–Crippen MR) is 72.4 cm³/mol. The van der Waals surface area contributed by atoms with Crippen molar-refractivity contribution in [2.75, 3.05) is 11.4 Å². The van der Waals surface area contributed by atoms with Gasteiger partial charge in [0.2, 0.25) is 0 Å². The SMILES string of the molecule is CC[C@@H]1N(c2ccc(C#N)c(F)c2)CC[C@@]1(O)CC. The first-order valence-corrected chi connectivity index (χ1v) is 6.74. The van der Waals surface area contributed by atoms with Gasteiger partial charge in [0.05, 0.1) is 17.2 Å². The number of anilines is 1. The first-order chi connectivity index (χ1) is 9.05. The summed E-state index contributed by atoms with van der Waals surface area (Å²) in [5.74, 6) is -0.498. The number of benzene rings is 1. The molecule has 0 aromatic heterocycles. The van der Waals surface area contributed by atoms with E-state index in [1.54, 1.807) is 6.07 Å². The van der Waals surface area contributed by atoms with E-state index >= 15 is 0 Å². The first-order valence-electron chi connectivity index (χ1n) is 6.74. The lowest BCUT2D eigenvalue weighted by Gasteiger charge is -2.34. The van der Waals surface area contributed by atoms with E-state index in [4.69, 9.17) is 5.26 Å². The van der Waals surface area contributed by atoms with Crippen LogP contribution in [0.25, 0.3) is 0 Å². The summed E-state index contributed by atoms with van der Waals surface area (Å²) < 4.78 is 13.7. The molecular weight excluding hydrogens is 243 g/mol. The molecule has 0 aliphatic carbocycles. The second kappa shape index (κ2) is 5.18. The topological polar surface area (TPSA) is 47.3 Å². The minimum Gasteiger partial charge on any atom is -0.388 e. The van der Waals surface area contributed by atoms with Gasteiger partial charge in [-0.25, -0.2) is 4.39 Å². The highest BCUT2D eigenvalue weighted by Crippen LogP contribution is 2.37. The van der Waals surface area contributed by atoms with Crippen LogP contribution < -0.4 is 4.90 Å². The van der Waals surface area contributed by atoms with Crippen LogP contribution in [0.15, 0.2) is 18.2 Å². The van der Waals surface area contributed by atoms with Gasteiger partial charge in [-0.2, -0.15) is 5.26 Å². The molecule has 4 heteroatoms. The lowest BCUT2D eigenvalue weighted by Crippen LogP contribution is -2.44. The quantitative estimate of drug-likeness (QED) is 0.911. The number of nitrogens with zero attached hydrogens (tertiary/aromatic N) is 2. The smallest absolute Gasteiger partial charge is 0.143 e. The normalized spacial score (nSPS) is 26.5. The molecule has 1 saturated heterocycles. The van der Waals surface area contributed by atoms with E-state index in [0.717, 1.165) is 12.1 Å². The highest BCUT2D eigenvalue weighted by Gasteiger charge is 2.43. The van der Waals surface area contributed by atoms with Crippen molar-refractivity contribution in [1.29, 1.82) is 5.26 Å². The number of nitriles is 1. The molecule has 2 atom stereocenters. The van der Waals surface area contributed by atoms with Crippen LogP contribution in [0.1, 0.15) is 38.7 Å². The zero-order valence-corrected chi connectivity index (χ0v) is 11.4. The summed E-state index contributed by atoms with van der Waals surface area (Å²) in [6.45, 7) is 4.73. The molecule has 1 aliphatic rings. The first kappa shape index (κ1) is 13.8. The van der Waals surface area contributed by atoms with Gasteiger partial charge >= 0.3 is 0 Å². The Balaban J connectivity index is 2.33. The Morgan fingerprint density at radius 1 is 1.53 bits per heavy atom. The third-order valence-corrected chi connectivity index (χ3v) is 4.19. The summed E-state index contributed by atoms with van der Waals surface area (Å²) in [7, 11) is 0. The molecule has 2 rings (SSSR count). The van der Waals surface area contributed by atoms with Crippen molar-refractivity contribution in [3.05, 3.63) is 29.6 Å². The maximum Gasteiger partial charge on any atom is 0.143 e. The van der Waals surface area contributed by atoms with E-state index in [1.807, 2.05) is 24.8 Å². The number of hydrogen-bond donors (Lipinski definition) is 1. The van der Waals surface area contributed by atoms with Gasteiger partial charge in [-0.1, -0.05) is 13.8 Å². The molecule has 0 radical (unpaired) electrons. The second-order valence-electron chi connectivity index (χ2n) is 5.10. The van der Waals surface area contributed by atoms with Crippen molar-refractivity contribution >= 4 is 5.69 Å². The molecule has 1 aromatic carbocycles. The summed E-state index contributed by atoms with van der Waals surface area (Å²) in [5.41, 5.74) is 0.105.